The molecular formula is C73H79Cl2N9O24. The molecule has 33 nitrogen and oxygen atoms in total. The Labute approximate surface area is 625 Å². The van der Waals surface area contributed by atoms with Crippen molar-refractivity contribution in [2.24, 2.45) is 22.4 Å². The van der Waals surface area contributed by atoms with Crippen LogP contribution in [0.5, 0.6) is 46.0 Å². The fourth-order valence-electron chi connectivity index (χ4n) is 13.3. The molecule has 0 aromatic heterocycles. The number of ether oxygens (including phenoxy) is 6. The smallest absolute Gasteiger partial charge is 0.330 e. The van der Waals surface area contributed by atoms with E-state index in [1.165, 1.54) is 32.2 Å². The number of aliphatic hydroxyl groups is 6. The summed E-state index contributed by atoms with van der Waals surface area (Å²) in [6.07, 6.45) is -17.4. The number of carboxylic acid groups (broad SMARTS) is 1. The van der Waals surface area contributed by atoms with Crippen molar-refractivity contribution in [1.29, 1.82) is 0 Å². The summed E-state index contributed by atoms with van der Waals surface area (Å²) in [5.74, 6) is -16.3. The number of aliphatic hydroxyl groups excluding tert-OH is 6. The monoisotopic (exact) mass is 1540 g/mol. The summed E-state index contributed by atoms with van der Waals surface area (Å²) >= 11 is 14.2. The lowest BCUT2D eigenvalue weighted by Gasteiger charge is -2.47. The number of aryl methyl sites for hydroxylation is 1. The topological polar surface area (TPSA) is 531 Å². The van der Waals surface area contributed by atoms with Crippen LogP contribution in [-0.2, 0) is 52.6 Å². The van der Waals surface area contributed by atoms with Crippen LogP contribution in [0, 0.1) is 12.8 Å². The van der Waals surface area contributed by atoms with Crippen molar-refractivity contribution >= 4 is 76.7 Å². The van der Waals surface area contributed by atoms with Gasteiger partial charge in [0, 0.05) is 40.9 Å². The zero-order valence-electron chi connectivity index (χ0n) is 58.2. The number of aliphatic imine (C=N–C) groups is 1. The third-order valence-corrected chi connectivity index (χ3v) is 19.4. The first kappa shape index (κ1) is 78.8. The second-order valence-corrected chi connectivity index (χ2v) is 28.4. The van der Waals surface area contributed by atoms with Gasteiger partial charge in [-0.2, -0.15) is 0 Å². The highest BCUT2D eigenvalue weighted by molar-refractivity contribution is 6.32. The number of carboxylic acids is 1. The number of fused-ring (bicyclic) bond motifs is 15. The first-order valence-corrected chi connectivity index (χ1v) is 34.7. The van der Waals surface area contributed by atoms with E-state index in [2.05, 4.69) is 36.9 Å². The molecule has 0 aliphatic carbocycles. The zero-order chi connectivity index (χ0) is 78.2. The number of hydrogen-bond donors (Lipinski definition) is 18. The highest BCUT2D eigenvalue weighted by Gasteiger charge is 2.52. The minimum absolute atomic E-state index is 0.0903. The number of carbonyl (C=O) groups is 8. The number of carbonyl (C=O) groups excluding carboxylic acids is 7. The second-order valence-electron chi connectivity index (χ2n) is 27.6. The minimum atomic E-state index is -2.37. The Morgan fingerprint density at radius 3 is 1.96 bits per heavy atom. The molecule has 6 aromatic carbocycles. The molecule has 574 valence electrons. The van der Waals surface area contributed by atoms with E-state index in [1.54, 1.807) is 18.2 Å². The third kappa shape index (κ3) is 17.0. The quantitative estimate of drug-likeness (QED) is 0.0696. The summed E-state index contributed by atoms with van der Waals surface area (Å²) in [6, 6.07) is 6.06. The van der Waals surface area contributed by atoms with Crippen LogP contribution in [-0.4, -0.2) is 190 Å². The maximum absolute atomic E-state index is 16.1. The zero-order valence-corrected chi connectivity index (χ0v) is 59.7. The molecular weight excluding hydrogens is 1460 g/mol. The van der Waals surface area contributed by atoms with E-state index < -0.39 is 237 Å². The van der Waals surface area contributed by atoms with Crippen molar-refractivity contribution in [2.45, 2.75) is 163 Å². The van der Waals surface area contributed by atoms with Crippen molar-refractivity contribution in [3.05, 3.63) is 152 Å². The molecule has 0 spiro atoms. The number of nitrogens with one attached hydrogen (secondary N) is 6. The first-order valence-electron chi connectivity index (χ1n) is 34.0. The molecule has 6 aromatic rings. The van der Waals surface area contributed by atoms with E-state index in [1.807, 2.05) is 26.8 Å². The normalized spacial score (nSPS) is 28.3. The predicted octanol–water partition coefficient (Wildman–Crippen LogP) is 2.31. The number of phenolic OH excluding ortho intramolecular Hbond substituents is 3. The first-order chi connectivity index (χ1) is 51.1. The van der Waals surface area contributed by atoms with Crippen LogP contribution >= 0.6 is 23.2 Å². The molecule has 0 unspecified atom stereocenters. The van der Waals surface area contributed by atoms with Gasteiger partial charge in [-0.1, -0.05) is 85.1 Å². The van der Waals surface area contributed by atoms with Crippen LogP contribution in [0.2, 0.25) is 10.0 Å². The average molecular weight is 1540 g/mol. The Kier molecular flexibility index (Phi) is 23.5. The summed E-state index contributed by atoms with van der Waals surface area (Å²) in [6.45, 7) is 7.48. The largest absolute Gasteiger partial charge is 0.508 e. The van der Waals surface area contributed by atoms with Crippen LogP contribution in [0.3, 0.4) is 0 Å². The lowest BCUT2D eigenvalue weighted by molar-refractivity contribution is -0.333. The number of halogens is 2. The van der Waals surface area contributed by atoms with E-state index in [4.69, 9.17) is 63.1 Å². The summed E-state index contributed by atoms with van der Waals surface area (Å²) in [5.41, 5.74) is 9.51. The Morgan fingerprint density at radius 1 is 0.722 bits per heavy atom. The van der Waals surface area contributed by atoms with Crippen LogP contribution < -0.4 is 57.6 Å². The van der Waals surface area contributed by atoms with E-state index in [-0.39, 0.29) is 46.2 Å². The molecule has 7 aliphatic heterocycles. The van der Waals surface area contributed by atoms with E-state index >= 15 is 19.2 Å². The van der Waals surface area contributed by atoms with Gasteiger partial charge in [-0.3, -0.25) is 38.6 Å². The summed E-state index contributed by atoms with van der Waals surface area (Å²) in [5, 5.41) is 128. The fourth-order valence-corrected chi connectivity index (χ4v) is 13.7. The van der Waals surface area contributed by atoms with Crippen LogP contribution in [0.25, 0.3) is 11.1 Å². The molecule has 2 saturated heterocycles. The Morgan fingerprint density at radius 2 is 1.35 bits per heavy atom. The molecule has 7 aliphatic rings. The Hall–Kier alpha value is -10.3. The Balaban J connectivity index is 1.14. The molecule has 2 fully saturated rings. The van der Waals surface area contributed by atoms with E-state index in [0.717, 1.165) is 72.3 Å². The maximum Gasteiger partial charge on any atom is 0.330 e. The van der Waals surface area contributed by atoms with Crippen molar-refractivity contribution < 1.29 is 118 Å². The van der Waals surface area contributed by atoms with Gasteiger partial charge in [-0.15, -0.1) is 0 Å². The molecule has 0 saturated carbocycles. The van der Waals surface area contributed by atoms with Crippen LogP contribution in [0.4, 0.5) is 0 Å². The number of phenols is 3. The number of amides is 7. The number of benzene rings is 6. The molecule has 35 heteroatoms. The lowest BCUT2D eigenvalue weighted by Crippen LogP contribution is -2.64. The van der Waals surface area contributed by atoms with Crippen LogP contribution in [0.15, 0.2) is 108 Å². The van der Waals surface area contributed by atoms with E-state index in [9.17, 15) is 70.2 Å². The summed E-state index contributed by atoms with van der Waals surface area (Å²) in [7, 11) is 0. The van der Waals surface area contributed by atoms with Gasteiger partial charge in [0.1, 0.15) is 95.5 Å². The van der Waals surface area contributed by atoms with Gasteiger partial charge in [-0.05, 0) is 116 Å². The van der Waals surface area contributed by atoms with Gasteiger partial charge in [0.2, 0.25) is 53.4 Å². The molecule has 18 atom stereocenters. The predicted molar refractivity (Wildman–Crippen MR) is 379 cm³/mol. The number of aromatic hydroxyl groups is 3. The Bertz CT molecular complexity index is 4550. The summed E-state index contributed by atoms with van der Waals surface area (Å²) < 4.78 is 38.5. The second kappa shape index (κ2) is 32.3. The highest BCUT2D eigenvalue weighted by atomic mass is 35.5. The number of hydrogen-bond acceptors (Lipinski definition) is 25. The van der Waals surface area contributed by atoms with Gasteiger partial charge in [-0.25, -0.2) is 4.79 Å². The molecule has 11 bridgehead atoms. The molecule has 108 heavy (non-hydrogen) atoms. The average Bonchev–Trinajstić information content (AvgIpc) is 0.769. The lowest BCUT2D eigenvalue weighted by atomic mass is 9.86. The van der Waals surface area contributed by atoms with Gasteiger partial charge in [0.15, 0.2) is 29.9 Å². The minimum Gasteiger partial charge on any atom is -0.508 e. The molecule has 7 amide bonds. The fraction of sp³-hybridized carbons (Fsp3) is 0.384. The standard InChI is InChI=1S/C73H79Cl2N9O24/c1-28(2)15-41(78-26-31-8-6-7-29(3)16-31)65(95)83-56-58(90)33-10-13-45(39(74)18-33)104-47-20-35-21-48(62(47)108-72-63(61(93)60(92)49(27-85)106-72)107-51-25-73(5,77)64(94)30(4)103-51)105-46-14-11-34(19-40(46)75)59(91)57-70(100)82-55(71(101)102)38-22-36(86)23-44(88)52(38)37-17-32(9-12-43(37)87)53(67(97)84-57)81-68(98)54(35)80-66(96)42(24-50(76)89)79-69(56)99/h6-14,16-23,26,28,30,41-42,49,51,53-61,63-64,72,85-88,90-94H,15,24-25,27,77H2,1-5H3,(H2,76,89)(H,79,99)(H,80,96)(H,81,98)(H,82,100)(H,83,95)(H,84,97)(H,101,102)/t30-,41+,42-,49+,51-,53+,54-,55-,56+,57-,58+,59+,60+,61-,63+,64+,72-,73-/m0/s1. The molecule has 20 N–H and O–H groups in total. The molecule has 0 radical (unpaired) electrons. The molecule has 13 rings (SSSR count). The number of primary amides is 1. The van der Waals surface area contributed by atoms with Crippen molar-refractivity contribution in [3.8, 4) is 57.1 Å². The van der Waals surface area contributed by atoms with Gasteiger partial charge in [0.25, 0.3) is 0 Å². The van der Waals surface area contributed by atoms with Crippen molar-refractivity contribution in [2.75, 3.05) is 6.61 Å². The molecule has 7 heterocycles. The number of aliphatic carboxylic acids is 1. The summed E-state index contributed by atoms with van der Waals surface area (Å²) in [4.78, 5) is 123. The third-order valence-electron chi connectivity index (χ3n) is 18.8. The van der Waals surface area contributed by atoms with Crippen molar-refractivity contribution in [3.63, 3.8) is 0 Å². The van der Waals surface area contributed by atoms with Crippen LogP contribution in [0.1, 0.15) is 116 Å². The van der Waals surface area contributed by atoms with E-state index in [0.29, 0.717) is 5.56 Å². The maximum atomic E-state index is 16.1. The van der Waals surface area contributed by atoms with Gasteiger partial charge < -0.3 is 123 Å². The van der Waals surface area contributed by atoms with Crippen molar-refractivity contribution in [1.82, 2.24) is 31.9 Å². The number of rotatable bonds is 14. The van der Waals surface area contributed by atoms with Gasteiger partial charge >= 0.3 is 5.97 Å². The number of nitrogens with two attached hydrogens (primary N) is 2. The SMILES string of the molecule is Cc1cccc(C=N[C@H](CC(C)C)C(=O)N[C@H]2C(=O)N[C@@H](CC(N)=O)C(=O)N[C@@H]3C(=O)N[C@H]4C(=O)N[C@H](C(=O)N[C@H](C(=O)O)c5cc(O)cc(O)c5-c5cc4ccc5O)[C@H](O)c4ccc(c(Cl)c4)Oc4cc3cc(c4O[C@@H]3O[C@H](CO)[C@@H](O)[C@H](O)[C@H]3O[C@H]3C[C@](C)(N)[C@H](O)[C@H](C)O3)Oc3ccc(cc3Cl)[C@H]2O)c1. The number of nitrogens with zero attached hydrogens (tertiary/aromatic N) is 1. The highest BCUT2D eigenvalue weighted by Crippen LogP contribution is 2.50. The van der Waals surface area contributed by atoms with Gasteiger partial charge in [0.05, 0.1) is 35.3 Å².